The van der Waals surface area contributed by atoms with Gasteiger partial charge in [0.05, 0.1) is 0 Å². The van der Waals surface area contributed by atoms with Crippen LogP contribution in [-0.2, 0) is 5.41 Å². The maximum Gasteiger partial charge on any atom is 0.291 e. The number of rotatable bonds is 2. The van der Waals surface area contributed by atoms with Crippen LogP contribution >= 0.6 is 0 Å². The minimum atomic E-state index is -0.158. The van der Waals surface area contributed by atoms with Crippen LogP contribution in [0.15, 0.2) is 41.2 Å². The minimum Gasteiger partial charge on any atom is -0.452 e. The summed E-state index contributed by atoms with van der Waals surface area (Å²) in [6, 6.07) is 11.3. The molecule has 0 amide bonds. The molecule has 3 rings (SSSR count). The highest BCUT2D eigenvalue weighted by Crippen LogP contribution is 2.44. The van der Waals surface area contributed by atoms with Crippen molar-refractivity contribution in [2.75, 3.05) is 0 Å². The van der Waals surface area contributed by atoms with Crippen molar-refractivity contribution < 1.29 is 4.74 Å². The predicted octanol–water partition coefficient (Wildman–Crippen LogP) is 3.95. The summed E-state index contributed by atoms with van der Waals surface area (Å²) < 4.78 is 5.71. The summed E-state index contributed by atoms with van der Waals surface area (Å²) >= 11 is 0. The van der Waals surface area contributed by atoms with Crippen LogP contribution in [0, 0.1) is 0 Å². The minimum absolute atomic E-state index is 0.0270. The summed E-state index contributed by atoms with van der Waals surface area (Å²) in [5, 5.41) is 0. The average molecular weight is 269 g/mol. The van der Waals surface area contributed by atoms with Gasteiger partial charge < -0.3 is 9.72 Å². The smallest absolute Gasteiger partial charge is 0.291 e. The van der Waals surface area contributed by atoms with Gasteiger partial charge in [-0.1, -0.05) is 39.0 Å². The Morgan fingerprint density at radius 1 is 1.25 bits per heavy atom. The normalized spacial score (nSPS) is 19.6. The average Bonchev–Trinajstić information content (AvgIpc) is 2.62. The number of aromatic amines is 1. The molecule has 1 aromatic heterocycles. The van der Waals surface area contributed by atoms with Crippen LogP contribution in [0.25, 0.3) is 0 Å². The fourth-order valence-corrected chi connectivity index (χ4v) is 3.14. The summed E-state index contributed by atoms with van der Waals surface area (Å²) in [7, 11) is 0. The first-order valence-corrected chi connectivity index (χ1v) is 6.98. The molecule has 0 fully saturated rings. The molecular weight excluding hydrogens is 250 g/mol. The molecule has 0 spiro atoms. The lowest BCUT2D eigenvalue weighted by atomic mass is 9.89. The van der Waals surface area contributed by atoms with E-state index in [9.17, 15) is 4.79 Å². The van der Waals surface area contributed by atoms with E-state index in [0.717, 1.165) is 12.1 Å². The Morgan fingerprint density at radius 2 is 1.95 bits per heavy atom. The first kappa shape index (κ1) is 13.0. The van der Waals surface area contributed by atoms with Crippen molar-refractivity contribution in [1.29, 1.82) is 0 Å². The molecule has 0 aliphatic heterocycles. The van der Waals surface area contributed by atoms with Gasteiger partial charge in [-0.15, -0.1) is 0 Å². The highest BCUT2D eigenvalue weighted by Gasteiger charge is 2.36. The summed E-state index contributed by atoms with van der Waals surface area (Å²) in [4.78, 5) is 15.2. The SMILES string of the molecule is CC1CC(C)(C)c2[nH]c(=O)c(Oc3ccccc3)cc21. The molecule has 1 aliphatic rings. The van der Waals surface area contributed by atoms with E-state index in [1.165, 1.54) is 5.56 Å². The molecule has 1 atom stereocenters. The highest BCUT2D eigenvalue weighted by atomic mass is 16.5. The lowest BCUT2D eigenvalue weighted by Crippen LogP contribution is -2.20. The third-order valence-electron chi connectivity index (χ3n) is 4.03. The third kappa shape index (κ3) is 2.13. The molecule has 1 N–H and O–H groups in total. The van der Waals surface area contributed by atoms with Crippen LogP contribution in [0.1, 0.15) is 44.4 Å². The van der Waals surface area contributed by atoms with Gasteiger partial charge in [0, 0.05) is 11.1 Å². The monoisotopic (exact) mass is 269 g/mol. The second kappa shape index (κ2) is 4.51. The molecule has 104 valence electrons. The quantitative estimate of drug-likeness (QED) is 0.896. The summed E-state index contributed by atoms with van der Waals surface area (Å²) in [6.07, 6.45) is 1.05. The van der Waals surface area contributed by atoms with E-state index in [0.29, 0.717) is 17.4 Å². The zero-order valence-electron chi connectivity index (χ0n) is 12.1. The number of aromatic nitrogens is 1. The van der Waals surface area contributed by atoms with Crippen molar-refractivity contribution in [2.24, 2.45) is 0 Å². The van der Waals surface area contributed by atoms with Gasteiger partial charge in [-0.05, 0) is 36.1 Å². The van der Waals surface area contributed by atoms with Crippen molar-refractivity contribution in [3.8, 4) is 11.5 Å². The second-order valence-electron chi connectivity index (χ2n) is 6.20. The van der Waals surface area contributed by atoms with Crippen LogP contribution in [0.4, 0.5) is 0 Å². The maximum atomic E-state index is 12.2. The van der Waals surface area contributed by atoms with Gasteiger partial charge in [0.1, 0.15) is 5.75 Å². The fraction of sp³-hybridized carbons (Fsp3) is 0.353. The van der Waals surface area contributed by atoms with Gasteiger partial charge in [-0.25, -0.2) is 0 Å². The molecular formula is C17H19NO2. The number of hydrogen-bond acceptors (Lipinski definition) is 2. The summed E-state index contributed by atoms with van der Waals surface area (Å²) in [5.74, 6) is 1.50. The van der Waals surface area contributed by atoms with Gasteiger partial charge >= 0.3 is 0 Å². The number of para-hydroxylation sites is 1. The van der Waals surface area contributed by atoms with Gasteiger partial charge in [0.15, 0.2) is 5.75 Å². The van der Waals surface area contributed by atoms with Crippen LogP contribution in [0.2, 0.25) is 0 Å². The predicted molar refractivity (Wildman–Crippen MR) is 79.6 cm³/mol. The van der Waals surface area contributed by atoms with E-state index in [1.54, 1.807) is 0 Å². The molecule has 3 heteroatoms. The molecule has 3 nitrogen and oxygen atoms in total. The molecule has 0 saturated carbocycles. The third-order valence-corrected chi connectivity index (χ3v) is 4.03. The van der Waals surface area contributed by atoms with Crippen molar-refractivity contribution in [3.63, 3.8) is 0 Å². The Hall–Kier alpha value is -2.03. The van der Waals surface area contributed by atoms with Crippen LogP contribution in [0.3, 0.4) is 0 Å². The molecule has 1 unspecified atom stereocenters. The van der Waals surface area contributed by atoms with E-state index in [-0.39, 0.29) is 11.0 Å². The molecule has 1 aliphatic carbocycles. The first-order valence-electron chi connectivity index (χ1n) is 6.98. The standard InChI is InChI=1S/C17H19NO2/c1-11-10-17(2,3)15-13(11)9-14(16(19)18-15)20-12-7-5-4-6-8-12/h4-9,11H,10H2,1-3H3,(H,18,19). The lowest BCUT2D eigenvalue weighted by Gasteiger charge is -2.18. The first-order chi connectivity index (χ1) is 9.47. The van der Waals surface area contributed by atoms with Gasteiger partial charge in [0.2, 0.25) is 0 Å². The molecule has 0 radical (unpaired) electrons. The molecule has 1 heterocycles. The zero-order chi connectivity index (χ0) is 14.3. The van der Waals surface area contributed by atoms with Crippen LogP contribution in [0.5, 0.6) is 11.5 Å². The Bertz CT molecular complexity index is 686. The van der Waals surface area contributed by atoms with Crippen LogP contribution in [-0.4, -0.2) is 4.98 Å². The van der Waals surface area contributed by atoms with Crippen molar-refractivity contribution in [3.05, 3.63) is 58.0 Å². The molecule has 1 aromatic carbocycles. The van der Waals surface area contributed by atoms with Gasteiger partial charge in [-0.2, -0.15) is 0 Å². The Balaban J connectivity index is 2.03. The Labute approximate surface area is 118 Å². The molecule has 0 saturated heterocycles. The van der Waals surface area contributed by atoms with Crippen molar-refractivity contribution in [2.45, 2.75) is 38.5 Å². The number of H-pyrrole nitrogens is 1. The Morgan fingerprint density at radius 3 is 2.65 bits per heavy atom. The maximum absolute atomic E-state index is 12.2. The number of ether oxygens (including phenoxy) is 1. The second-order valence-corrected chi connectivity index (χ2v) is 6.20. The van der Waals surface area contributed by atoms with E-state index in [1.807, 2.05) is 36.4 Å². The topological polar surface area (TPSA) is 42.1 Å². The fourth-order valence-electron chi connectivity index (χ4n) is 3.14. The van der Waals surface area contributed by atoms with Crippen molar-refractivity contribution in [1.82, 2.24) is 4.98 Å². The molecule has 2 aromatic rings. The van der Waals surface area contributed by atoms with Crippen molar-refractivity contribution >= 4 is 0 Å². The molecule has 0 bridgehead atoms. The van der Waals surface area contributed by atoms with Crippen LogP contribution < -0.4 is 10.3 Å². The van der Waals surface area contributed by atoms with E-state index >= 15 is 0 Å². The molecule has 20 heavy (non-hydrogen) atoms. The number of fused-ring (bicyclic) bond motifs is 1. The number of benzene rings is 1. The van der Waals surface area contributed by atoms with Gasteiger partial charge in [-0.3, -0.25) is 4.79 Å². The highest BCUT2D eigenvalue weighted by molar-refractivity contribution is 5.41. The number of hydrogen-bond donors (Lipinski definition) is 1. The number of nitrogens with one attached hydrogen (secondary N) is 1. The lowest BCUT2D eigenvalue weighted by molar-refractivity contribution is 0.468. The largest absolute Gasteiger partial charge is 0.452 e. The van der Waals surface area contributed by atoms with Gasteiger partial charge in [0.25, 0.3) is 5.56 Å². The number of pyridine rings is 1. The Kier molecular flexibility index (Phi) is 2.93. The van der Waals surface area contributed by atoms with E-state index < -0.39 is 0 Å². The van der Waals surface area contributed by atoms with E-state index in [4.69, 9.17) is 4.74 Å². The van der Waals surface area contributed by atoms with E-state index in [2.05, 4.69) is 25.8 Å². The summed E-state index contributed by atoms with van der Waals surface area (Å²) in [6.45, 7) is 6.53. The zero-order valence-corrected chi connectivity index (χ0v) is 12.1. The summed E-state index contributed by atoms with van der Waals surface area (Å²) in [5.41, 5.74) is 2.12.